The van der Waals surface area contributed by atoms with Gasteiger partial charge < -0.3 is 10.2 Å². The van der Waals surface area contributed by atoms with Crippen LogP contribution < -0.4 is 10.2 Å². The molecule has 1 saturated heterocycles. The smallest absolute Gasteiger partial charge is 0.273 e. The quantitative estimate of drug-likeness (QED) is 0.657. The molecule has 1 aromatic rings. The molecule has 20 heavy (non-hydrogen) atoms. The van der Waals surface area contributed by atoms with Crippen molar-refractivity contribution in [3.63, 3.8) is 0 Å². The van der Waals surface area contributed by atoms with Gasteiger partial charge in [0.15, 0.2) is 0 Å². The lowest BCUT2D eigenvalue weighted by Gasteiger charge is -2.33. The maximum Gasteiger partial charge on any atom is 0.273 e. The molecule has 1 aliphatic rings. The van der Waals surface area contributed by atoms with Crippen LogP contribution in [-0.4, -0.2) is 23.6 Å². The van der Waals surface area contributed by atoms with E-state index in [-0.39, 0.29) is 16.1 Å². The zero-order valence-corrected chi connectivity index (χ0v) is 12.5. The van der Waals surface area contributed by atoms with Gasteiger partial charge in [0.1, 0.15) is 0 Å². The number of nitro benzene ring substituents is 1. The Balaban J connectivity index is 2.36. The number of anilines is 2. The summed E-state index contributed by atoms with van der Waals surface area (Å²) in [5.74, 6) is 0. The lowest BCUT2D eigenvalue weighted by atomic mass is 10.0. The predicted molar refractivity (Wildman–Crippen MR) is 82.5 cm³/mol. The van der Waals surface area contributed by atoms with Crippen LogP contribution in [-0.2, 0) is 0 Å². The van der Waals surface area contributed by atoms with Gasteiger partial charge in [-0.3, -0.25) is 10.1 Å². The molecule has 0 unspecified atom stereocenters. The highest BCUT2D eigenvalue weighted by atomic mass is 16.6. The zero-order valence-electron chi connectivity index (χ0n) is 12.5. The number of nitrogens with one attached hydrogen (secondary N) is 1. The Labute approximate surface area is 120 Å². The van der Waals surface area contributed by atoms with Crippen molar-refractivity contribution < 1.29 is 4.92 Å². The minimum Gasteiger partial charge on any atom is -0.385 e. The van der Waals surface area contributed by atoms with E-state index in [0.717, 1.165) is 43.7 Å². The van der Waals surface area contributed by atoms with Crippen molar-refractivity contribution in [2.75, 3.05) is 23.3 Å². The maximum absolute atomic E-state index is 11.1. The first-order valence-corrected chi connectivity index (χ1v) is 7.25. The Bertz CT molecular complexity index is 500. The Morgan fingerprint density at radius 3 is 2.70 bits per heavy atom. The maximum atomic E-state index is 11.1. The molecule has 1 heterocycles. The van der Waals surface area contributed by atoms with Gasteiger partial charge in [-0.2, -0.15) is 0 Å². The van der Waals surface area contributed by atoms with E-state index >= 15 is 0 Å². The highest BCUT2D eigenvalue weighted by Crippen LogP contribution is 2.36. The normalized spacial score (nSPS) is 17.2. The highest BCUT2D eigenvalue weighted by Gasteiger charge is 2.32. The molecule has 0 radical (unpaired) electrons. The van der Waals surface area contributed by atoms with Crippen molar-refractivity contribution >= 4 is 17.1 Å². The fourth-order valence-electron chi connectivity index (χ4n) is 2.81. The SMILES string of the molecule is CCCNc1cc(N2CCCC2(C)C)cc([N+](=O)[O-])c1. The Hall–Kier alpha value is -1.78. The van der Waals surface area contributed by atoms with Gasteiger partial charge in [0.05, 0.1) is 4.92 Å². The van der Waals surface area contributed by atoms with Crippen LogP contribution in [0.1, 0.15) is 40.0 Å². The van der Waals surface area contributed by atoms with Gasteiger partial charge >= 0.3 is 0 Å². The molecule has 0 aliphatic carbocycles. The summed E-state index contributed by atoms with van der Waals surface area (Å²) >= 11 is 0. The standard InChI is InChI=1S/C15H23N3O2/c1-4-7-16-12-9-13(11-14(10-12)18(19)20)17-8-5-6-15(17,2)3/h9-11,16H,4-8H2,1-3H3. The van der Waals surface area contributed by atoms with Crippen molar-refractivity contribution in [2.24, 2.45) is 0 Å². The van der Waals surface area contributed by atoms with Gasteiger partial charge in [-0.15, -0.1) is 0 Å². The average molecular weight is 277 g/mol. The van der Waals surface area contributed by atoms with E-state index in [1.165, 1.54) is 0 Å². The van der Waals surface area contributed by atoms with E-state index in [0.29, 0.717) is 0 Å². The largest absolute Gasteiger partial charge is 0.385 e. The van der Waals surface area contributed by atoms with Gasteiger partial charge in [0.25, 0.3) is 5.69 Å². The molecule has 1 aliphatic heterocycles. The Morgan fingerprint density at radius 1 is 1.40 bits per heavy atom. The van der Waals surface area contributed by atoms with Crippen molar-refractivity contribution in [1.29, 1.82) is 0 Å². The summed E-state index contributed by atoms with van der Waals surface area (Å²) in [4.78, 5) is 13.1. The number of hydrogen-bond acceptors (Lipinski definition) is 4. The van der Waals surface area contributed by atoms with Crippen LogP contribution in [0.4, 0.5) is 17.1 Å². The van der Waals surface area contributed by atoms with E-state index in [1.807, 2.05) is 6.07 Å². The van der Waals surface area contributed by atoms with Gasteiger partial charge in [0.2, 0.25) is 0 Å². The van der Waals surface area contributed by atoms with Crippen molar-refractivity contribution in [2.45, 2.75) is 45.6 Å². The molecule has 0 amide bonds. The van der Waals surface area contributed by atoms with E-state index in [1.54, 1.807) is 12.1 Å². The summed E-state index contributed by atoms with van der Waals surface area (Å²) in [7, 11) is 0. The zero-order chi connectivity index (χ0) is 14.8. The summed E-state index contributed by atoms with van der Waals surface area (Å²) < 4.78 is 0. The third kappa shape index (κ3) is 3.03. The van der Waals surface area contributed by atoms with Gasteiger partial charge in [-0.1, -0.05) is 6.92 Å². The third-order valence-electron chi connectivity index (χ3n) is 3.91. The molecule has 110 valence electrons. The van der Waals surface area contributed by atoms with Gasteiger partial charge in [-0.05, 0) is 39.2 Å². The summed E-state index contributed by atoms with van der Waals surface area (Å²) in [6.45, 7) is 8.25. The molecule has 1 aromatic carbocycles. The van der Waals surface area contributed by atoms with Crippen molar-refractivity contribution in [1.82, 2.24) is 0 Å². The molecular weight excluding hydrogens is 254 g/mol. The summed E-state index contributed by atoms with van der Waals surface area (Å²) in [5.41, 5.74) is 2.00. The fraction of sp³-hybridized carbons (Fsp3) is 0.600. The van der Waals surface area contributed by atoms with Gasteiger partial charge in [0, 0.05) is 42.1 Å². The van der Waals surface area contributed by atoms with E-state index in [2.05, 4.69) is 31.0 Å². The monoisotopic (exact) mass is 277 g/mol. The van der Waals surface area contributed by atoms with E-state index in [4.69, 9.17) is 0 Å². The van der Waals surface area contributed by atoms with Crippen molar-refractivity contribution in [3.8, 4) is 0 Å². The molecule has 0 spiro atoms. The second kappa shape index (κ2) is 5.69. The van der Waals surface area contributed by atoms with Crippen LogP contribution in [0.15, 0.2) is 18.2 Å². The average Bonchev–Trinajstić information content (AvgIpc) is 2.75. The third-order valence-corrected chi connectivity index (χ3v) is 3.91. The number of benzene rings is 1. The molecule has 2 rings (SSSR count). The first-order chi connectivity index (χ1) is 9.44. The topological polar surface area (TPSA) is 58.4 Å². The lowest BCUT2D eigenvalue weighted by Crippen LogP contribution is -2.38. The highest BCUT2D eigenvalue weighted by molar-refractivity contribution is 5.65. The number of rotatable bonds is 5. The number of non-ortho nitro benzene ring substituents is 1. The van der Waals surface area contributed by atoms with Crippen LogP contribution in [0.25, 0.3) is 0 Å². The molecule has 5 nitrogen and oxygen atoms in total. The van der Waals surface area contributed by atoms with Crippen molar-refractivity contribution in [3.05, 3.63) is 28.3 Å². The first kappa shape index (κ1) is 14.6. The molecule has 0 atom stereocenters. The minimum absolute atomic E-state index is 0.0667. The molecule has 0 bridgehead atoms. The molecular formula is C15H23N3O2. The molecule has 0 saturated carbocycles. The molecule has 5 heteroatoms. The summed E-state index contributed by atoms with van der Waals surface area (Å²) in [6, 6.07) is 5.32. The first-order valence-electron chi connectivity index (χ1n) is 7.25. The summed E-state index contributed by atoms with van der Waals surface area (Å²) in [5, 5.41) is 14.4. The van der Waals surface area contributed by atoms with Crippen LogP contribution in [0.2, 0.25) is 0 Å². The molecule has 1 N–H and O–H groups in total. The van der Waals surface area contributed by atoms with Crippen LogP contribution in [0.3, 0.4) is 0 Å². The summed E-state index contributed by atoms with van der Waals surface area (Å²) in [6.07, 6.45) is 3.24. The number of nitrogens with zero attached hydrogens (tertiary/aromatic N) is 2. The number of nitro groups is 1. The predicted octanol–water partition coefficient (Wildman–Crippen LogP) is 3.80. The molecule has 1 fully saturated rings. The second-order valence-corrected chi connectivity index (χ2v) is 5.99. The van der Waals surface area contributed by atoms with Crippen LogP contribution in [0.5, 0.6) is 0 Å². The Morgan fingerprint density at radius 2 is 2.15 bits per heavy atom. The van der Waals surface area contributed by atoms with Crippen LogP contribution >= 0.6 is 0 Å². The number of hydrogen-bond donors (Lipinski definition) is 1. The fourth-order valence-corrected chi connectivity index (χ4v) is 2.81. The second-order valence-electron chi connectivity index (χ2n) is 5.99. The van der Waals surface area contributed by atoms with E-state index in [9.17, 15) is 10.1 Å². The molecule has 0 aromatic heterocycles. The minimum atomic E-state index is -0.316. The van der Waals surface area contributed by atoms with Gasteiger partial charge in [-0.25, -0.2) is 0 Å². The Kier molecular flexibility index (Phi) is 4.16. The van der Waals surface area contributed by atoms with Crippen LogP contribution in [0, 0.1) is 10.1 Å². The van der Waals surface area contributed by atoms with E-state index < -0.39 is 0 Å². The lowest BCUT2D eigenvalue weighted by molar-refractivity contribution is -0.384.